The number of aryl methyl sites for hydroxylation is 1. The van der Waals surface area contributed by atoms with Crippen LogP contribution in [-0.2, 0) is 10.9 Å². The van der Waals surface area contributed by atoms with Crippen molar-refractivity contribution in [3.05, 3.63) is 69.7 Å². The molecule has 0 saturated carbocycles. The molecule has 10 nitrogen and oxygen atoms in total. The zero-order valence-electron chi connectivity index (χ0n) is 22.1. The Labute approximate surface area is 236 Å². The van der Waals surface area contributed by atoms with E-state index in [9.17, 15) is 18.3 Å². The summed E-state index contributed by atoms with van der Waals surface area (Å²) in [7, 11) is 0. The third-order valence-electron chi connectivity index (χ3n) is 6.96. The van der Waals surface area contributed by atoms with E-state index in [0.29, 0.717) is 32.0 Å². The van der Waals surface area contributed by atoms with Crippen molar-refractivity contribution in [3.63, 3.8) is 0 Å². The lowest BCUT2D eigenvalue weighted by Crippen LogP contribution is -2.37. The fourth-order valence-electron chi connectivity index (χ4n) is 4.75. The Morgan fingerprint density at radius 2 is 1.88 bits per heavy atom. The number of hydrogen-bond donors (Lipinski definition) is 3. The lowest BCUT2D eigenvalue weighted by Gasteiger charge is -2.30. The largest absolute Gasteiger partial charge is 0.417 e. The van der Waals surface area contributed by atoms with Crippen LogP contribution in [-0.4, -0.2) is 64.7 Å². The molecule has 6 rings (SSSR count). The second-order valence-electron chi connectivity index (χ2n) is 9.61. The molecule has 4 aromatic rings. The van der Waals surface area contributed by atoms with Crippen LogP contribution in [0.25, 0.3) is 11.6 Å². The standard InChI is InChI=1S/C27H26F3N7O3S/c1-14-15(2)41-25-19(14)20(16-6-4-3-5-7-16)32-22(23(38)34-25)33-26-36-35-24(40-26)21-18(37-8-10-39-11-9-37)12-17(13-31-21)27(28,29)30/h3-7,12-13,22-23,34,38H,8-11H2,1-2H3,(H,33,36)/t22-,23?/m0/s1. The number of benzene rings is 1. The van der Waals surface area contributed by atoms with Crippen molar-refractivity contribution in [1.82, 2.24) is 15.2 Å². The average Bonchev–Trinajstić information content (AvgIpc) is 3.50. The van der Waals surface area contributed by atoms with Crippen LogP contribution in [0.1, 0.15) is 27.1 Å². The zero-order chi connectivity index (χ0) is 28.7. The van der Waals surface area contributed by atoms with E-state index in [-0.39, 0.29) is 23.3 Å². The van der Waals surface area contributed by atoms with Crippen molar-refractivity contribution >= 4 is 33.8 Å². The van der Waals surface area contributed by atoms with Gasteiger partial charge in [0, 0.05) is 35.3 Å². The first kappa shape index (κ1) is 27.2. The van der Waals surface area contributed by atoms with E-state index in [4.69, 9.17) is 14.1 Å². The first-order valence-electron chi connectivity index (χ1n) is 12.9. The molecule has 214 valence electrons. The van der Waals surface area contributed by atoms with Gasteiger partial charge in [-0.05, 0) is 25.5 Å². The Kier molecular flexibility index (Phi) is 7.13. The minimum Gasteiger partial charge on any atom is -0.402 e. The molecule has 3 aromatic heterocycles. The first-order chi connectivity index (χ1) is 19.7. The predicted molar refractivity (Wildman–Crippen MR) is 148 cm³/mol. The number of anilines is 3. The average molecular weight is 586 g/mol. The van der Waals surface area contributed by atoms with Gasteiger partial charge in [-0.15, -0.1) is 16.4 Å². The van der Waals surface area contributed by atoms with Crippen molar-refractivity contribution in [2.24, 2.45) is 4.99 Å². The summed E-state index contributed by atoms with van der Waals surface area (Å²) in [5.74, 6) is -0.0726. The highest BCUT2D eigenvalue weighted by molar-refractivity contribution is 7.16. The number of rotatable bonds is 5. The minimum atomic E-state index is -4.57. The van der Waals surface area contributed by atoms with E-state index < -0.39 is 24.1 Å². The third kappa shape index (κ3) is 5.37. The summed E-state index contributed by atoms with van der Waals surface area (Å²) < 4.78 is 51.7. The number of pyridine rings is 1. The predicted octanol–water partition coefficient (Wildman–Crippen LogP) is 4.68. The van der Waals surface area contributed by atoms with E-state index in [0.717, 1.165) is 38.8 Å². The molecule has 2 aliphatic heterocycles. The van der Waals surface area contributed by atoms with Gasteiger partial charge in [0.25, 0.3) is 5.89 Å². The first-order valence-corrected chi connectivity index (χ1v) is 13.7. The Bertz CT molecular complexity index is 1580. The number of hydrogen-bond acceptors (Lipinski definition) is 11. The molecule has 5 heterocycles. The number of aliphatic imine (C=N–C) groups is 1. The van der Waals surface area contributed by atoms with Crippen molar-refractivity contribution in [2.45, 2.75) is 32.4 Å². The molecule has 1 fully saturated rings. The third-order valence-corrected chi connectivity index (χ3v) is 8.10. The van der Waals surface area contributed by atoms with Gasteiger partial charge in [0.2, 0.25) is 0 Å². The van der Waals surface area contributed by atoms with Gasteiger partial charge in [-0.25, -0.2) is 4.98 Å². The number of morpholine rings is 1. The number of nitrogens with one attached hydrogen (secondary N) is 2. The molecule has 2 atom stereocenters. The molecule has 0 aliphatic carbocycles. The van der Waals surface area contributed by atoms with Gasteiger partial charge in [-0.2, -0.15) is 13.2 Å². The maximum absolute atomic E-state index is 13.5. The summed E-state index contributed by atoms with van der Waals surface area (Å²) in [5.41, 5.74) is 2.95. The van der Waals surface area contributed by atoms with E-state index in [2.05, 4.69) is 25.8 Å². The number of alkyl halides is 3. The van der Waals surface area contributed by atoms with Crippen LogP contribution in [0, 0.1) is 13.8 Å². The molecular weight excluding hydrogens is 559 g/mol. The van der Waals surface area contributed by atoms with Gasteiger partial charge in [0.15, 0.2) is 18.1 Å². The fourth-order valence-corrected chi connectivity index (χ4v) is 5.84. The second kappa shape index (κ2) is 10.8. The highest BCUT2D eigenvalue weighted by Gasteiger charge is 2.34. The highest BCUT2D eigenvalue weighted by atomic mass is 32.1. The number of fused-ring (bicyclic) bond motifs is 1. The lowest BCUT2D eigenvalue weighted by atomic mass is 10.00. The molecule has 1 saturated heterocycles. The van der Waals surface area contributed by atoms with Crippen LogP contribution in [0.5, 0.6) is 0 Å². The Morgan fingerprint density at radius 3 is 2.61 bits per heavy atom. The molecule has 14 heteroatoms. The molecule has 1 unspecified atom stereocenters. The van der Waals surface area contributed by atoms with E-state index in [1.165, 1.54) is 11.3 Å². The van der Waals surface area contributed by atoms with Gasteiger partial charge in [0.05, 0.1) is 30.2 Å². The summed E-state index contributed by atoms with van der Waals surface area (Å²) in [4.78, 5) is 11.8. The molecule has 3 N–H and O–H groups in total. The number of aliphatic hydroxyl groups excluding tert-OH is 1. The summed E-state index contributed by atoms with van der Waals surface area (Å²) in [6, 6.07) is 10.6. The van der Waals surface area contributed by atoms with E-state index in [1.807, 2.05) is 44.2 Å². The SMILES string of the molecule is Cc1sc2c(c1C)C(c1ccccc1)=N[C@@H](Nc1nnc(-c3ncc(C(F)(F)F)cc3N3CCOCC3)o1)C(O)N2. The summed E-state index contributed by atoms with van der Waals surface area (Å²) in [6.45, 7) is 5.53. The zero-order valence-corrected chi connectivity index (χ0v) is 22.9. The second-order valence-corrected chi connectivity index (χ2v) is 10.8. The quantitative estimate of drug-likeness (QED) is 0.307. The Balaban J connectivity index is 1.34. The molecule has 0 spiro atoms. The fraction of sp³-hybridized carbons (Fsp3) is 0.333. The van der Waals surface area contributed by atoms with Gasteiger partial charge in [0.1, 0.15) is 5.00 Å². The molecule has 1 aromatic carbocycles. The molecular formula is C27H26F3N7O3S. The van der Waals surface area contributed by atoms with Crippen LogP contribution in [0.3, 0.4) is 0 Å². The van der Waals surface area contributed by atoms with Crippen molar-refractivity contribution in [3.8, 4) is 11.6 Å². The topological polar surface area (TPSA) is 121 Å². The molecule has 41 heavy (non-hydrogen) atoms. The van der Waals surface area contributed by atoms with Gasteiger partial charge in [-0.3, -0.25) is 4.99 Å². The van der Waals surface area contributed by atoms with Crippen LogP contribution in [0.4, 0.5) is 29.9 Å². The number of aliphatic hydroxyl groups is 1. The van der Waals surface area contributed by atoms with Crippen molar-refractivity contribution in [1.29, 1.82) is 0 Å². The summed E-state index contributed by atoms with van der Waals surface area (Å²) in [6.07, 6.45) is -5.91. The number of aromatic nitrogens is 3. The van der Waals surface area contributed by atoms with Crippen molar-refractivity contribution < 1.29 is 27.4 Å². The van der Waals surface area contributed by atoms with Crippen LogP contribution < -0.4 is 15.5 Å². The maximum atomic E-state index is 13.5. The maximum Gasteiger partial charge on any atom is 0.417 e. The Morgan fingerprint density at radius 1 is 1.12 bits per heavy atom. The smallest absolute Gasteiger partial charge is 0.402 e. The Hall–Kier alpha value is -4.01. The monoisotopic (exact) mass is 585 g/mol. The molecule has 0 radical (unpaired) electrons. The minimum absolute atomic E-state index is 0.0726. The molecule has 0 bridgehead atoms. The summed E-state index contributed by atoms with van der Waals surface area (Å²) >= 11 is 1.53. The van der Waals surface area contributed by atoms with E-state index in [1.54, 1.807) is 4.90 Å². The van der Waals surface area contributed by atoms with Crippen LogP contribution >= 0.6 is 11.3 Å². The normalized spacial score (nSPS) is 19.3. The number of nitrogens with zero attached hydrogens (tertiary/aromatic N) is 5. The van der Waals surface area contributed by atoms with Crippen LogP contribution in [0.2, 0.25) is 0 Å². The lowest BCUT2D eigenvalue weighted by molar-refractivity contribution is -0.137. The van der Waals surface area contributed by atoms with Gasteiger partial charge >= 0.3 is 12.2 Å². The van der Waals surface area contributed by atoms with Gasteiger partial charge in [-0.1, -0.05) is 35.4 Å². The van der Waals surface area contributed by atoms with Crippen LogP contribution in [0.15, 0.2) is 52.0 Å². The van der Waals surface area contributed by atoms with E-state index >= 15 is 0 Å². The number of halogens is 3. The van der Waals surface area contributed by atoms with Crippen molar-refractivity contribution in [2.75, 3.05) is 41.8 Å². The molecule has 0 amide bonds. The highest BCUT2D eigenvalue weighted by Crippen LogP contribution is 2.38. The number of ether oxygens (including phenoxy) is 1. The molecule has 2 aliphatic rings. The summed E-state index contributed by atoms with van der Waals surface area (Å²) in [5, 5.41) is 26.1. The number of thiophene rings is 1. The van der Waals surface area contributed by atoms with Gasteiger partial charge < -0.3 is 29.8 Å².